The highest BCUT2D eigenvalue weighted by molar-refractivity contribution is 6.00. The number of anilines is 1. The Balaban J connectivity index is 2.13. The number of benzene rings is 2. The highest BCUT2D eigenvalue weighted by Crippen LogP contribution is 2.23. The van der Waals surface area contributed by atoms with Crippen molar-refractivity contribution in [2.24, 2.45) is 0 Å². The molecule has 0 saturated carbocycles. The first-order valence-electron chi connectivity index (χ1n) is 8.40. The lowest BCUT2D eigenvalue weighted by Crippen LogP contribution is -2.18. The number of unbranched alkanes of at least 4 members (excludes halogenated alkanes) is 1. The molecule has 2 rings (SSSR count). The standard InChI is InChI=1S/C20H23NO4/c1-3-4-9-16-12-8-13-17(18(16)19(22)23)21-20(24)25-14(2)15-10-6-5-7-11-15/h5-8,10-14H,3-4,9H2,1-2H3,(H,21,24)(H,22,23). The Hall–Kier alpha value is -2.82. The summed E-state index contributed by atoms with van der Waals surface area (Å²) in [6.45, 7) is 3.82. The molecule has 0 aliphatic rings. The molecule has 0 radical (unpaired) electrons. The molecule has 2 aromatic carbocycles. The lowest BCUT2D eigenvalue weighted by molar-refractivity contribution is 0.0697. The number of aromatic carboxylic acids is 1. The molecule has 0 saturated heterocycles. The van der Waals surface area contributed by atoms with Gasteiger partial charge in [0.2, 0.25) is 0 Å². The fourth-order valence-electron chi connectivity index (χ4n) is 2.62. The van der Waals surface area contributed by atoms with Crippen molar-refractivity contribution >= 4 is 17.7 Å². The molecule has 2 N–H and O–H groups in total. The molecular formula is C20H23NO4. The second-order valence-corrected chi connectivity index (χ2v) is 5.83. The lowest BCUT2D eigenvalue weighted by Gasteiger charge is -2.16. The van der Waals surface area contributed by atoms with Crippen LogP contribution in [0.5, 0.6) is 0 Å². The normalized spacial score (nSPS) is 11.6. The molecule has 0 fully saturated rings. The van der Waals surface area contributed by atoms with E-state index in [2.05, 4.69) is 5.32 Å². The van der Waals surface area contributed by atoms with Gasteiger partial charge in [0.15, 0.2) is 0 Å². The molecular weight excluding hydrogens is 318 g/mol. The fourth-order valence-corrected chi connectivity index (χ4v) is 2.62. The van der Waals surface area contributed by atoms with Crippen molar-refractivity contribution in [1.29, 1.82) is 0 Å². The minimum atomic E-state index is -1.06. The van der Waals surface area contributed by atoms with Crippen molar-refractivity contribution in [3.05, 3.63) is 65.2 Å². The smallest absolute Gasteiger partial charge is 0.412 e. The Kier molecular flexibility index (Phi) is 6.57. The maximum atomic E-state index is 12.2. The van der Waals surface area contributed by atoms with Gasteiger partial charge in [0, 0.05) is 0 Å². The Morgan fingerprint density at radius 2 is 1.84 bits per heavy atom. The molecule has 0 aromatic heterocycles. The van der Waals surface area contributed by atoms with Gasteiger partial charge in [0.1, 0.15) is 6.10 Å². The zero-order valence-electron chi connectivity index (χ0n) is 14.5. The van der Waals surface area contributed by atoms with Crippen LogP contribution in [0.1, 0.15) is 54.3 Å². The van der Waals surface area contributed by atoms with Gasteiger partial charge in [-0.1, -0.05) is 55.8 Å². The van der Waals surface area contributed by atoms with Crippen LogP contribution in [0.4, 0.5) is 10.5 Å². The molecule has 2 aromatic rings. The van der Waals surface area contributed by atoms with Gasteiger partial charge in [0.05, 0.1) is 11.3 Å². The van der Waals surface area contributed by atoms with E-state index in [0.29, 0.717) is 12.0 Å². The minimum absolute atomic E-state index is 0.125. The number of amides is 1. The third-order valence-electron chi connectivity index (χ3n) is 3.95. The van der Waals surface area contributed by atoms with E-state index >= 15 is 0 Å². The molecule has 0 aliphatic heterocycles. The molecule has 0 bridgehead atoms. The summed E-state index contributed by atoms with van der Waals surface area (Å²) in [4.78, 5) is 23.8. The number of carboxylic acids is 1. The van der Waals surface area contributed by atoms with Crippen LogP contribution in [0, 0.1) is 0 Å². The molecule has 1 atom stereocenters. The quantitative estimate of drug-likeness (QED) is 0.740. The Morgan fingerprint density at radius 1 is 1.12 bits per heavy atom. The number of carbonyl (C=O) groups excluding carboxylic acids is 1. The first-order valence-corrected chi connectivity index (χ1v) is 8.40. The Labute approximate surface area is 147 Å². The summed E-state index contributed by atoms with van der Waals surface area (Å²) < 4.78 is 5.35. The van der Waals surface area contributed by atoms with Gasteiger partial charge < -0.3 is 9.84 Å². The molecule has 1 unspecified atom stereocenters. The van der Waals surface area contributed by atoms with Crippen LogP contribution in [-0.4, -0.2) is 17.2 Å². The molecule has 0 spiro atoms. The molecule has 5 heteroatoms. The number of aryl methyl sites for hydroxylation is 1. The highest BCUT2D eigenvalue weighted by atomic mass is 16.6. The van der Waals surface area contributed by atoms with Gasteiger partial charge in [-0.15, -0.1) is 0 Å². The molecule has 25 heavy (non-hydrogen) atoms. The Morgan fingerprint density at radius 3 is 2.48 bits per heavy atom. The number of carboxylic acid groups (broad SMARTS) is 1. The molecule has 0 aliphatic carbocycles. The topological polar surface area (TPSA) is 75.6 Å². The summed E-state index contributed by atoms with van der Waals surface area (Å²) in [6.07, 6.45) is 1.40. The van der Waals surface area contributed by atoms with Crippen LogP contribution in [0.3, 0.4) is 0 Å². The molecule has 1 amide bonds. The van der Waals surface area contributed by atoms with Gasteiger partial charge in [-0.2, -0.15) is 0 Å². The predicted octanol–water partition coefficient (Wildman–Crippen LogP) is 5.04. The summed E-state index contributed by atoms with van der Waals surface area (Å²) in [7, 11) is 0. The average Bonchev–Trinajstić information content (AvgIpc) is 2.60. The van der Waals surface area contributed by atoms with Gasteiger partial charge >= 0.3 is 12.1 Å². The van der Waals surface area contributed by atoms with Crippen molar-refractivity contribution in [2.45, 2.75) is 39.2 Å². The Bertz CT molecular complexity index is 728. The van der Waals surface area contributed by atoms with Crippen LogP contribution in [0.2, 0.25) is 0 Å². The number of carbonyl (C=O) groups is 2. The molecule has 0 heterocycles. The van der Waals surface area contributed by atoms with Crippen molar-refractivity contribution in [2.75, 3.05) is 5.32 Å². The fraction of sp³-hybridized carbons (Fsp3) is 0.300. The SMILES string of the molecule is CCCCc1cccc(NC(=O)OC(C)c2ccccc2)c1C(=O)O. The second-order valence-electron chi connectivity index (χ2n) is 5.83. The number of rotatable bonds is 7. The van der Waals surface area contributed by atoms with Crippen LogP contribution >= 0.6 is 0 Å². The van der Waals surface area contributed by atoms with E-state index in [1.165, 1.54) is 0 Å². The van der Waals surface area contributed by atoms with E-state index < -0.39 is 18.2 Å². The number of hydrogen-bond donors (Lipinski definition) is 2. The van der Waals surface area contributed by atoms with E-state index in [1.54, 1.807) is 25.1 Å². The van der Waals surface area contributed by atoms with Crippen molar-refractivity contribution in [3.8, 4) is 0 Å². The lowest BCUT2D eigenvalue weighted by atomic mass is 10.0. The maximum absolute atomic E-state index is 12.2. The minimum Gasteiger partial charge on any atom is -0.478 e. The summed E-state index contributed by atoms with van der Waals surface area (Å²) in [5, 5.41) is 12.1. The van der Waals surface area contributed by atoms with Crippen LogP contribution in [-0.2, 0) is 11.2 Å². The average molecular weight is 341 g/mol. The summed E-state index contributed by atoms with van der Waals surface area (Å²) in [5.74, 6) is -1.06. The number of hydrogen-bond acceptors (Lipinski definition) is 3. The van der Waals surface area contributed by atoms with Gasteiger partial charge in [-0.3, -0.25) is 5.32 Å². The summed E-state index contributed by atoms with van der Waals surface area (Å²) in [6, 6.07) is 14.5. The third-order valence-corrected chi connectivity index (χ3v) is 3.95. The zero-order valence-corrected chi connectivity index (χ0v) is 14.5. The van der Waals surface area contributed by atoms with Crippen LogP contribution in [0.15, 0.2) is 48.5 Å². The second kappa shape index (κ2) is 8.87. The van der Waals surface area contributed by atoms with Gasteiger partial charge in [-0.05, 0) is 37.0 Å². The molecule has 132 valence electrons. The third kappa shape index (κ3) is 5.08. The van der Waals surface area contributed by atoms with Gasteiger partial charge in [0.25, 0.3) is 0 Å². The van der Waals surface area contributed by atoms with E-state index in [4.69, 9.17) is 4.74 Å². The van der Waals surface area contributed by atoms with E-state index in [0.717, 1.165) is 18.4 Å². The highest BCUT2D eigenvalue weighted by Gasteiger charge is 2.18. The van der Waals surface area contributed by atoms with Crippen LogP contribution < -0.4 is 5.32 Å². The monoisotopic (exact) mass is 341 g/mol. The summed E-state index contributed by atoms with van der Waals surface area (Å²) in [5.41, 5.74) is 1.96. The predicted molar refractivity (Wildman–Crippen MR) is 97.0 cm³/mol. The van der Waals surface area contributed by atoms with Gasteiger partial charge in [-0.25, -0.2) is 9.59 Å². The van der Waals surface area contributed by atoms with E-state index in [1.807, 2.05) is 37.3 Å². The number of nitrogens with one attached hydrogen (secondary N) is 1. The van der Waals surface area contributed by atoms with Crippen molar-refractivity contribution in [3.63, 3.8) is 0 Å². The van der Waals surface area contributed by atoms with Crippen LogP contribution in [0.25, 0.3) is 0 Å². The number of ether oxygens (including phenoxy) is 1. The summed E-state index contributed by atoms with van der Waals surface area (Å²) >= 11 is 0. The maximum Gasteiger partial charge on any atom is 0.412 e. The zero-order chi connectivity index (χ0) is 18.2. The van der Waals surface area contributed by atoms with E-state index in [-0.39, 0.29) is 11.3 Å². The largest absolute Gasteiger partial charge is 0.478 e. The van der Waals surface area contributed by atoms with Crippen molar-refractivity contribution in [1.82, 2.24) is 0 Å². The first kappa shape index (κ1) is 18.5. The van der Waals surface area contributed by atoms with E-state index in [9.17, 15) is 14.7 Å². The van der Waals surface area contributed by atoms with Crippen molar-refractivity contribution < 1.29 is 19.4 Å². The first-order chi connectivity index (χ1) is 12.0. The molecule has 5 nitrogen and oxygen atoms in total.